The van der Waals surface area contributed by atoms with Crippen LogP contribution in [-0.4, -0.2) is 25.3 Å². The molecule has 4 atom stereocenters. The Bertz CT molecular complexity index is 933. The standard InChI is InChI=1S/C20H17Cl2N5/c1-2-27-7-6-12-14(8-23)19(26)20(10-24,11-25)17(15(12)9-27)13-4-3-5-16(21)18(13)22/h3-6,14-15,17,26H,2,7,9H2,1H3/p+1/t14?,15-,17-/m0/s1. The third-order valence-corrected chi connectivity index (χ3v) is 6.61. The van der Waals surface area contributed by atoms with Crippen LogP contribution in [0.15, 0.2) is 29.8 Å². The van der Waals surface area contributed by atoms with Crippen LogP contribution in [0, 0.1) is 56.7 Å². The number of benzene rings is 1. The smallest absolute Gasteiger partial charge is 0.190 e. The van der Waals surface area contributed by atoms with Crippen molar-refractivity contribution in [3.05, 3.63) is 45.5 Å². The molecule has 1 saturated carbocycles. The van der Waals surface area contributed by atoms with Crippen LogP contribution >= 0.6 is 23.2 Å². The first-order chi connectivity index (χ1) is 12.9. The van der Waals surface area contributed by atoms with Crippen molar-refractivity contribution in [3.63, 3.8) is 0 Å². The fourth-order valence-corrected chi connectivity index (χ4v) is 4.78. The molecule has 0 radical (unpaired) electrons. The highest BCUT2D eigenvalue weighted by molar-refractivity contribution is 6.42. The highest BCUT2D eigenvalue weighted by Gasteiger charge is 2.59. The molecule has 3 rings (SSSR count). The molecule has 1 fully saturated rings. The summed E-state index contributed by atoms with van der Waals surface area (Å²) in [5.41, 5.74) is -0.519. The quantitative estimate of drug-likeness (QED) is 0.748. The summed E-state index contributed by atoms with van der Waals surface area (Å²) < 4.78 is 0. The van der Waals surface area contributed by atoms with E-state index < -0.39 is 17.3 Å². The van der Waals surface area contributed by atoms with Gasteiger partial charge in [-0.15, -0.1) is 0 Å². The summed E-state index contributed by atoms with van der Waals surface area (Å²) in [6.45, 7) is 4.39. The lowest BCUT2D eigenvalue weighted by molar-refractivity contribution is -0.897. The summed E-state index contributed by atoms with van der Waals surface area (Å²) in [5, 5.41) is 38.9. The van der Waals surface area contributed by atoms with E-state index in [9.17, 15) is 15.8 Å². The molecule has 0 spiro atoms. The maximum absolute atomic E-state index is 10.0. The monoisotopic (exact) mass is 398 g/mol. The molecule has 2 unspecified atom stereocenters. The van der Waals surface area contributed by atoms with Gasteiger partial charge in [0.25, 0.3) is 0 Å². The van der Waals surface area contributed by atoms with Crippen molar-refractivity contribution in [2.75, 3.05) is 19.6 Å². The molecule has 1 aliphatic carbocycles. The van der Waals surface area contributed by atoms with Crippen molar-refractivity contribution in [2.24, 2.45) is 17.3 Å². The van der Waals surface area contributed by atoms with Crippen LogP contribution in [0.4, 0.5) is 0 Å². The third-order valence-electron chi connectivity index (χ3n) is 5.78. The lowest BCUT2D eigenvalue weighted by Crippen LogP contribution is -3.13. The minimum Gasteiger partial charge on any atom is -0.331 e. The minimum atomic E-state index is -1.76. The molecular weight excluding hydrogens is 381 g/mol. The molecule has 2 aliphatic rings. The van der Waals surface area contributed by atoms with E-state index in [0.29, 0.717) is 22.2 Å². The number of hydrogen-bond acceptors (Lipinski definition) is 4. The number of nitriles is 3. The van der Waals surface area contributed by atoms with E-state index in [1.54, 1.807) is 18.2 Å². The summed E-state index contributed by atoms with van der Waals surface area (Å²) in [7, 11) is 0. The van der Waals surface area contributed by atoms with E-state index in [1.807, 2.05) is 6.08 Å². The van der Waals surface area contributed by atoms with Gasteiger partial charge in [0.2, 0.25) is 0 Å². The van der Waals surface area contributed by atoms with Gasteiger partial charge in [0, 0.05) is 11.8 Å². The Morgan fingerprint density at radius 1 is 1.26 bits per heavy atom. The van der Waals surface area contributed by atoms with E-state index in [-0.39, 0.29) is 11.6 Å². The van der Waals surface area contributed by atoms with E-state index >= 15 is 0 Å². The van der Waals surface area contributed by atoms with E-state index in [2.05, 4.69) is 25.1 Å². The number of quaternary nitrogens is 1. The van der Waals surface area contributed by atoms with Gasteiger partial charge in [0.15, 0.2) is 5.41 Å². The van der Waals surface area contributed by atoms with Crippen molar-refractivity contribution in [1.82, 2.24) is 0 Å². The average molecular weight is 399 g/mol. The molecule has 0 amide bonds. The van der Waals surface area contributed by atoms with Crippen molar-refractivity contribution in [2.45, 2.75) is 12.8 Å². The Kier molecular flexibility index (Phi) is 5.27. The number of fused-ring (bicyclic) bond motifs is 1. The molecule has 1 aromatic carbocycles. The SMILES string of the molecule is CC[NH+]1CC=C2C(C#N)C(=N)C(C#N)(C#N)[C@@H](c3cccc(Cl)c3Cl)[C@H]2C1. The van der Waals surface area contributed by atoms with E-state index in [1.165, 1.54) is 4.90 Å². The third kappa shape index (κ3) is 2.82. The van der Waals surface area contributed by atoms with Crippen molar-refractivity contribution in [3.8, 4) is 18.2 Å². The lowest BCUT2D eigenvalue weighted by Gasteiger charge is -2.46. The normalized spacial score (nSPS) is 28.9. The number of nitrogens with one attached hydrogen (secondary N) is 2. The van der Waals surface area contributed by atoms with Crippen molar-refractivity contribution >= 4 is 28.9 Å². The summed E-state index contributed by atoms with van der Waals surface area (Å²) in [6.07, 6.45) is 2.00. The second-order valence-electron chi connectivity index (χ2n) is 6.95. The summed E-state index contributed by atoms with van der Waals surface area (Å²) in [5.74, 6) is -1.74. The van der Waals surface area contributed by atoms with Crippen LogP contribution in [0.2, 0.25) is 10.0 Å². The van der Waals surface area contributed by atoms with Gasteiger partial charge in [-0.3, -0.25) is 0 Å². The van der Waals surface area contributed by atoms with Gasteiger partial charge in [0.05, 0.1) is 53.6 Å². The zero-order valence-corrected chi connectivity index (χ0v) is 16.3. The molecule has 2 N–H and O–H groups in total. The Morgan fingerprint density at radius 2 is 1.96 bits per heavy atom. The zero-order chi connectivity index (χ0) is 19.8. The first kappa shape index (κ1) is 19.4. The number of likely N-dealkylation sites (N-methyl/N-ethyl adjacent to an activating group) is 1. The second kappa shape index (κ2) is 7.34. The largest absolute Gasteiger partial charge is 0.331 e. The van der Waals surface area contributed by atoms with Crippen molar-refractivity contribution < 1.29 is 4.90 Å². The summed E-state index contributed by atoms with van der Waals surface area (Å²) >= 11 is 12.7. The van der Waals surface area contributed by atoms with Crippen LogP contribution in [0.3, 0.4) is 0 Å². The Hall–Kier alpha value is -2.36. The minimum absolute atomic E-state index is 0.168. The topological polar surface area (TPSA) is 99.7 Å². The molecule has 27 heavy (non-hydrogen) atoms. The number of halogens is 2. The molecule has 0 bridgehead atoms. The molecule has 1 aromatic rings. The molecule has 136 valence electrons. The summed E-state index contributed by atoms with van der Waals surface area (Å²) in [4.78, 5) is 1.29. The van der Waals surface area contributed by atoms with Gasteiger partial charge in [0.1, 0.15) is 5.92 Å². The molecule has 0 saturated heterocycles. The van der Waals surface area contributed by atoms with Crippen LogP contribution in [0.1, 0.15) is 18.4 Å². The van der Waals surface area contributed by atoms with Crippen LogP contribution in [-0.2, 0) is 0 Å². The molecule has 1 aliphatic heterocycles. The highest BCUT2D eigenvalue weighted by Crippen LogP contribution is 2.54. The molecule has 1 heterocycles. The molecule has 0 aromatic heterocycles. The number of nitrogens with zero attached hydrogens (tertiary/aromatic N) is 3. The second-order valence-corrected chi connectivity index (χ2v) is 7.74. The van der Waals surface area contributed by atoms with Gasteiger partial charge < -0.3 is 10.3 Å². The Labute approximate surface area is 168 Å². The van der Waals surface area contributed by atoms with Gasteiger partial charge in [-0.1, -0.05) is 35.3 Å². The highest BCUT2D eigenvalue weighted by atomic mass is 35.5. The summed E-state index contributed by atoms with van der Waals surface area (Å²) in [6, 6.07) is 11.4. The average Bonchev–Trinajstić information content (AvgIpc) is 2.69. The zero-order valence-electron chi connectivity index (χ0n) is 14.8. The predicted octanol–water partition coefficient (Wildman–Crippen LogP) is 2.74. The van der Waals surface area contributed by atoms with E-state index in [0.717, 1.165) is 18.7 Å². The van der Waals surface area contributed by atoms with Gasteiger partial charge >= 0.3 is 0 Å². The fraction of sp³-hybridized carbons (Fsp3) is 0.400. The lowest BCUT2D eigenvalue weighted by atomic mass is 9.54. The van der Waals surface area contributed by atoms with E-state index in [4.69, 9.17) is 28.6 Å². The van der Waals surface area contributed by atoms with Crippen LogP contribution in [0.5, 0.6) is 0 Å². The van der Waals surface area contributed by atoms with Gasteiger partial charge in [-0.05, 0) is 30.2 Å². The maximum atomic E-state index is 10.0. The van der Waals surface area contributed by atoms with Gasteiger partial charge in [-0.2, -0.15) is 15.8 Å². The fourth-order valence-electron chi connectivity index (χ4n) is 4.35. The predicted molar refractivity (Wildman–Crippen MR) is 103 cm³/mol. The van der Waals surface area contributed by atoms with Crippen molar-refractivity contribution in [1.29, 1.82) is 21.2 Å². The first-order valence-electron chi connectivity index (χ1n) is 8.73. The van der Waals surface area contributed by atoms with Gasteiger partial charge in [-0.25, -0.2) is 0 Å². The molecular formula is C20H18Cl2N5+. The van der Waals surface area contributed by atoms with Crippen LogP contribution < -0.4 is 4.90 Å². The first-order valence-corrected chi connectivity index (χ1v) is 9.49. The number of rotatable bonds is 2. The molecule has 5 nitrogen and oxygen atoms in total. The number of hydrogen-bond donors (Lipinski definition) is 2. The Morgan fingerprint density at radius 3 is 2.56 bits per heavy atom. The Balaban J connectivity index is 2.31. The maximum Gasteiger partial charge on any atom is 0.190 e. The molecule has 7 heteroatoms. The van der Waals surface area contributed by atoms with Crippen LogP contribution in [0.25, 0.3) is 0 Å².